The number of rotatable bonds is 2. The fourth-order valence-corrected chi connectivity index (χ4v) is 2.02. The first-order valence-electron chi connectivity index (χ1n) is 5.77. The minimum Gasteiger partial charge on any atom is -0.396 e. The van der Waals surface area contributed by atoms with E-state index in [1.807, 2.05) is 4.98 Å². The average Bonchev–Trinajstić information content (AvgIpc) is 2.51. The summed E-state index contributed by atoms with van der Waals surface area (Å²) in [5.74, 6) is -0.640. The quantitative estimate of drug-likeness (QED) is 0.446. The third kappa shape index (κ3) is 2.73. The highest BCUT2D eigenvalue weighted by molar-refractivity contribution is 4.87. The largest absolute Gasteiger partial charge is 0.396 e. The number of aliphatic hydroxyl groups excluding tert-OH is 3. The van der Waals surface area contributed by atoms with Crippen molar-refractivity contribution in [3.8, 4) is 0 Å². The van der Waals surface area contributed by atoms with E-state index in [2.05, 4.69) is 5.10 Å². The lowest BCUT2D eigenvalue weighted by atomic mass is 9.96. The van der Waals surface area contributed by atoms with Crippen molar-refractivity contribution in [1.29, 1.82) is 0 Å². The second kappa shape index (κ2) is 5.61. The Labute approximate surface area is 107 Å². The molecule has 1 saturated heterocycles. The molecule has 9 heteroatoms. The van der Waals surface area contributed by atoms with Crippen LogP contribution in [0, 0.1) is 5.92 Å². The minimum atomic E-state index is -1.34. The zero-order valence-electron chi connectivity index (χ0n) is 9.97. The smallest absolute Gasteiger partial charge is 0.345 e. The second-order valence-electron chi connectivity index (χ2n) is 4.41. The molecule has 1 aliphatic heterocycles. The van der Waals surface area contributed by atoms with E-state index in [1.165, 1.54) is 0 Å². The number of aliphatic hydroxyl groups is 3. The maximum absolute atomic E-state index is 11.6. The molecule has 2 heterocycles. The maximum atomic E-state index is 11.6. The van der Waals surface area contributed by atoms with Gasteiger partial charge in [-0.05, 0) is 0 Å². The number of aromatic nitrogens is 3. The van der Waals surface area contributed by atoms with E-state index < -0.39 is 35.4 Å². The van der Waals surface area contributed by atoms with Crippen LogP contribution in [0.15, 0.2) is 15.8 Å². The van der Waals surface area contributed by atoms with Crippen molar-refractivity contribution in [3.05, 3.63) is 27.0 Å². The van der Waals surface area contributed by atoms with E-state index in [1.54, 1.807) is 0 Å². The lowest BCUT2D eigenvalue weighted by molar-refractivity contribution is -0.0465. The van der Waals surface area contributed by atoms with Gasteiger partial charge >= 0.3 is 5.69 Å². The Morgan fingerprint density at radius 3 is 2.74 bits per heavy atom. The number of hydrogen-bond donors (Lipinski definition) is 4. The van der Waals surface area contributed by atoms with E-state index in [0.29, 0.717) is 0 Å². The average molecular weight is 273 g/mol. The van der Waals surface area contributed by atoms with Crippen LogP contribution in [-0.2, 0) is 4.74 Å². The van der Waals surface area contributed by atoms with Crippen LogP contribution in [0.1, 0.15) is 6.04 Å². The normalized spacial score (nSPS) is 31.9. The third-order valence-corrected chi connectivity index (χ3v) is 3.13. The highest BCUT2D eigenvalue weighted by atomic mass is 16.5. The summed E-state index contributed by atoms with van der Waals surface area (Å²) in [6, 6.07) is -0.934. The monoisotopic (exact) mass is 273 g/mol. The molecule has 0 radical (unpaired) electrons. The zero-order valence-corrected chi connectivity index (χ0v) is 9.97. The van der Waals surface area contributed by atoms with Crippen LogP contribution < -0.4 is 11.2 Å². The van der Waals surface area contributed by atoms with Gasteiger partial charge in [0.1, 0.15) is 18.3 Å². The summed E-state index contributed by atoms with van der Waals surface area (Å²) in [5.41, 5.74) is -1.45. The Balaban J connectivity index is 2.33. The molecule has 0 aliphatic carbocycles. The van der Waals surface area contributed by atoms with Gasteiger partial charge in [-0.2, -0.15) is 5.10 Å². The second-order valence-corrected chi connectivity index (χ2v) is 4.41. The van der Waals surface area contributed by atoms with Crippen molar-refractivity contribution in [1.82, 2.24) is 14.8 Å². The molecule has 0 amide bonds. The summed E-state index contributed by atoms with van der Waals surface area (Å²) in [4.78, 5) is 24.5. The molecule has 0 spiro atoms. The zero-order chi connectivity index (χ0) is 14.0. The third-order valence-electron chi connectivity index (χ3n) is 3.13. The lowest BCUT2D eigenvalue weighted by Crippen LogP contribution is -2.45. The van der Waals surface area contributed by atoms with Crippen LogP contribution in [0.2, 0.25) is 0 Å². The van der Waals surface area contributed by atoms with Gasteiger partial charge in [-0.15, -0.1) is 0 Å². The first-order valence-corrected chi connectivity index (χ1v) is 5.77. The van der Waals surface area contributed by atoms with Gasteiger partial charge in [-0.25, -0.2) is 9.48 Å². The van der Waals surface area contributed by atoms with Crippen molar-refractivity contribution < 1.29 is 20.1 Å². The molecular formula is C10H15N3O6. The van der Waals surface area contributed by atoms with Crippen molar-refractivity contribution in [2.75, 3.05) is 19.8 Å². The molecule has 0 bridgehead atoms. The van der Waals surface area contributed by atoms with Gasteiger partial charge in [-0.3, -0.25) is 9.78 Å². The molecule has 0 saturated carbocycles. The highest BCUT2D eigenvalue weighted by Gasteiger charge is 2.37. The first-order chi connectivity index (χ1) is 9.04. The predicted octanol–water partition coefficient (Wildman–Crippen LogP) is -3.17. The molecule has 9 nitrogen and oxygen atoms in total. The predicted molar refractivity (Wildman–Crippen MR) is 61.6 cm³/mol. The molecule has 4 N–H and O–H groups in total. The Morgan fingerprint density at radius 1 is 1.37 bits per heavy atom. The number of ether oxygens (including phenoxy) is 1. The highest BCUT2D eigenvalue weighted by Crippen LogP contribution is 2.22. The molecule has 1 fully saturated rings. The lowest BCUT2D eigenvalue weighted by Gasteiger charge is -2.25. The SMILES string of the molecule is O=c1cnn([C@@H]2COC[C@H](CO)[C@H](O)C2O)c(=O)[nH]1. The van der Waals surface area contributed by atoms with Crippen LogP contribution in [-0.4, -0.2) is 62.1 Å². The number of hydrogen-bond acceptors (Lipinski definition) is 7. The van der Waals surface area contributed by atoms with Crippen LogP contribution >= 0.6 is 0 Å². The molecule has 1 unspecified atom stereocenters. The number of aromatic amines is 1. The van der Waals surface area contributed by atoms with Gasteiger partial charge < -0.3 is 20.1 Å². The van der Waals surface area contributed by atoms with Gasteiger partial charge in [0.15, 0.2) is 0 Å². The number of nitrogens with one attached hydrogen (secondary N) is 1. The molecule has 1 aromatic rings. The standard InChI is InChI=1S/C10H15N3O6/c14-2-5-3-19-4-6(9(17)8(5)16)13-10(18)12-7(15)1-11-13/h1,5-6,8-9,14,16-17H,2-4H2,(H,12,15,18)/t5-,6+,8-,9?/m0/s1. The summed E-state index contributed by atoms with van der Waals surface area (Å²) >= 11 is 0. The Hall–Kier alpha value is -1.55. The number of H-pyrrole nitrogens is 1. The van der Waals surface area contributed by atoms with E-state index in [0.717, 1.165) is 10.9 Å². The summed E-state index contributed by atoms with van der Waals surface area (Å²) in [7, 11) is 0. The van der Waals surface area contributed by atoms with Crippen LogP contribution in [0.3, 0.4) is 0 Å². The Kier molecular flexibility index (Phi) is 4.10. The maximum Gasteiger partial charge on any atom is 0.345 e. The van der Waals surface area contributed by atoms with Gasteiger partial charge in [0, 0.05) is 5.92 Å². The summed E-state index contributed by atoms with van der Waals surface area (Å²) in [6.45, 7) is -0.351. The van der Waals surface area contributed by atoms with Gasteiger partial charge in [-0.1, -0.05) is 0 Å². The van der Waals surface area contributed by atoms with Crippen molar-refractivity contribution in [2.45, 2.75) is 18.2 Å². The van der Waals surface area contributed by atoms with Crippen LogP contribution in [0.4, 0.5) is 0 Å². The molecule has 1 aromatic heterocycles. The molecule has 4 atom stereocenters. The summed E-state index contributed by atoms with van der Waals surface area (Å²) in [6.07, 6.45) is -1.69. The summed E-state index contributed by atoms with van der Waals surface area (Å²) in [5, 5.41) is 32.6. The van der Waals surface area contributed by atoms with Gasteiger partial charge in [0.25, 0.3) is 5.56 Å². The van der Waals surface area contributed by atoms with Crippen molar-refractivity contribution >= 4 is 0 Å². The molecule has 1 aliphatic rings. The fraction of sp³-hybridized carbons (Fsp3) is 0.700. The Morgan fingerprint density at radius 2 is 2.11 bits per heavy atom. The van der Waals surface area contributed by atoms with Crippen molar-refractivity contribution in [2.24, 2.45) is 5.92 Å². The Bertz CT molecular complexity index is 541. The molecular weight excluding hydrogens is 258 g/mol. The van der Waals surface area contributed by atoms with E-state index in [-0.39, 0.29) is 19.8 Å². The number of nitrogens with zero attached hydrogens (tertiary/aromatic N) is 2. The van der Waals surface area contributed by atoms with E-state index >= 15 is 0 Å². The van der Waals surface area contributed by atoms with Gasteiger partial charge in [0.05, 0.1) is 25.9 Å². The van der Waals surface area contributed by atoms with E-state index in [9.17, 15) is 19.8 Å². The van der Waals surface area contributed by atoms with Gasteiger partial charge in [0.2, 0.25) is 0 Å². The molecule has 0 aromatic carbocycles. The first kappa shape index (κ1) is 13.9. The fourth-order valence-electron chi connectivity index (χ4n) is 2.02. The molecule has 19 heavy (non-hydrogen) atoms. The van der Waals surface area contributed by atoms with Crippen molar-refractivity contribution in [3.63, 3.8) is 0 Å². The van der Waals surface area contributed by atoms with Crippen LogP contribution in [0.25, 0.3) is 0 Å². The minimum absolute atomic E-state index is 0.0589. The summed E-state index contributed by atoms with van der Waals surface area (Å²) < 4.78 is 6.08. The topological polar surface area (TPSA) is 138 Å². The van der Waals surface area contributed by atoms with E-state index in [4.69, 9.17) is 9.84 Å². The molecule has 2 rings (SSSR count). The molecule has 106 valence electrons. The van der Waals surface area contributed by atoms with Crippen LogP contribution in [0.5, 0.6) is 0 Å².